The molecule has 0 aromatic heterocycles. The molecule has 0 bridgehead atoms. The second-order valence-electron chi connectivity index (χ2n) is 6.39. The van der Waals surface area contributed by atoms with E-state index in [9.17, 15) is 14.3 Å². The summed E-state index contributed by atoms with van der Waals surface area (Å²) in [4.78, 5) is 12.8. The van der Waals surface area contributed by atoms with Gasteiger partial charge in [0.05, 0.1) is 12.1 Å². The number of aliphatic hydroxyl groups is 1. The lowest BCUT2D eigenvalue weighted by Gasteiger charge is -2.28. The van der Waals surface area contributed by atoms with Gasteiger partial charge < -0.3 is 15.7 Å². The average molecular weight is 338 g/mol. The minimum absolute atomic E-state index is 0.140. The lowest BCUT2D eigenvalue weighted by molar-refractivity contribution is 0.101. The monoisotopic (exact) mass is 338 g/mol. The zero-order chi connectivity index (χ0) is 16.2. The minimum atomic E-state index is -0.233. The maximum absolute atomic E-state index is 13.8. The lowest BCUT2D eigenvalue weighted by Crippen LogP contribution is -2.42. The number of thioether (sulfide) groups is 1. The van der Waals surface area contributed by atoms with Gasteiger partial charge in [0.1, 0.15) is 5.82 Å². The molecule has 0 radical (unpaired) electrons. The second-order valence-corrected chi connectivity index (χ2v) is 7.49. The Balaban J connectivity index is 1.54. The van der Waals surface area contributed by atoms with Crippen LogP contribution >= 0.6 is 11.8 Å². The summed E-state index contributed by atoms with van der Waals surface area (Å²) in [6, 6.07) is 4.68. The molecule has 3 atom stereocenters. The van der Waals surface area contributed by atoms with E-state index in [1.165, 1.54) is 17.8 Å². The zero-order valence-corrected chi connectivity index (χ0v) is 13.9. The van der Waals surface area contributed by atoms with Crippen LogP contribution in [0.1, 0.15) is 43.7 Å². The molecule has 2 aliphatic rings. The Morgan fingerprint density at radius 3 is 3.04 bits per heavy atom. The Labute approximate surface area is 140 Å². The summed E-state index contributed by atoms with van der Waals surface area (Å²) in [5.74, 6) is 0.931. The zero-order valence-electron chi connectivity index (χ0n) is 13.1. The van der Waals surface area contributed by atoms with Crippen LogP contribution in [0.25, 0.3) is 0 Å². The summed E-state index contributed by atoms with van der Waals surface area (Å²) < 4.78 is 13.8. The van der Waals surface area contributed by atoms with E-state index in [1.54, 1.807) is 6.07 Å². The van der Waals surface area contributed by atoms with Crippen LogP contribution in [-0.2, 0) is 0 Å². The van der Waals surface area contributed by atoms with Crippen LogP contribution in [0, 0.1) is 11.7 Å². The third kappa shape index (κ3) is 4.18. The van der Waals surface area contributed by atoms with Crippen LogP contribution in [0.3, 0.4) is 0 Å². The summed E-state index contributed by atoms with van der Waals surface area (Å²) in [5, 5.41) is 15.5. The molecule has 23 heavy (non-hydrogen) atoms. The summed E-state index contributed by atoms with van der Waals surface area (Å²) in [7, 11) is 0. The van der Waals surface area contributed by atoms with Crippen molar-refractivity contribution in [3.05, 3.63) is 29.6 Å². The number of halogens is 1. The van der Waals surface area contributed by atoms with Crippen molar-refractivity contribution in [3.8, 4) is 0 Å². The van der Waals surface area contributed by atoms with Gasteiger partial charge in [-0.3, -0.25) is 0 Å². The van der Waals surface area contributed by atoms with Gasteiger partial charge in [-0.25, -0.2) is 9.18 Å². The van der Waals surface area contributed by atoms with E-state index in [-0.39, 0.29) is 24.0 Å². The van der Waals surface area contributed by atoms with Gasteiger partial charge >= 0.3 is 6.03 Å². The molecule has 1 aliphatic carbocycles. The van der Waals surface area contributed by atoms with Crippen LogP contribution < -0.4 is 10.6 Å². The summed E-state index contributed by atoms with van der Waals surface area (Å²) >= 11 is 1.51. The number of carbonyl (C=O) groups excluding carboxylic acids is 1. The number of benzene rings is 1. The van der Waals surface area contributed by atoms with Crippen molar-refractivity contribution < 1.29 is 14.3 Å². The smallest absolute Gasteiger partial charge is 0.315 e. The first kappa shape index (κ1) is 16.6. The number of hydrogen-bond acceptors (Lipinski definition) is 3. The Morgan fingerprint density at radius 1 is 1.35 bits per heavy atom. The Kier molecular flexibility index (Phi) is 5.43. The number of rotatable bonds is 3. The second kappa shape index (κ2) is 7.53. The molecule has 1 fully saturated rings. The van der Waals surface area contributed by atoms with Crippen molar-refractivity contribution in [1.82, 2.24) is 10.6 Å². The van der Waals surface area contributed by atoms with E-state index in [4.69, 9.17) is 0 Å². The summed E-state index contributed by atoms with van der Waals surface area (Å²) in [6.07, 6.45) is 4.26. The van der Waals surface area contributed by atoms with Gasteiger partial charge in [-0.2, -0.15) is 0 Å². The van der Waals surface area contributed by atoms with E-state index < -0.39 is 0 Å². The van der Waals surface area contributed by atoms with Gasteiger partial charge in [-0.1, -0.05) is 18.6 Å². The molecular formula is C17H23FN2O2S. The summed E-state index contributed by atoms with van der Waals surface area (Å²) in [5.41, 5.74) is 0.865. The molecular weight excluding hydrogens is 315 g/mol. The SMILES string of the molecule is O=C(NCC1CCCC(O)C1)NC1CCSc2c(F)cccc21. The number of nitrogens with one attached hydrogen (secondary N) is 2. The van der Waals surface area contributed by atoms with Crippen molar-refractivity contribution in [2.24, 2.45) is 5.92 Å². The highest BCUT2D eigenvalue weighted by atomic mass is 32.2. The standard InChI is InChI=1S/C17H23FN2O2S/c18-14-6-2-5-13-15(7-8-23-16(13)14)20-17(22)19-10-11-3-1-4-12(21)9-11/h2,5-6,11-12,15,21H,1,3-4,7-10H2,(H2,19,20,22). The number of aliphatic hydroxyl groups excluding tert-OH is 1. The van der Waals surface area contributed by atoms with Gasteiger partial charge in [-0.15, -0.1) is 11.8 Å². The lowest BCUT2D eigenvalue weighted by atomic mass is 9.87. The van der Waals surface area contributed by atoms with Crippen LogP contribution in [0.4, 0.5) is 9.18 Å². The largest absolute Gasteiger partial charge is 0.393 e. The van der Waals surface area contributed by atoms with Crippen molar-refractivity contribution in [1.29, 1.82) is 0 Å². The average Bonchev–Trinajstić information content (AvgIpc) is 2.54. The third-order valence-electron chi connectivity index (χ3n) is 4.64. The van der Waals surface area contributed by atoms with E-state index >= 15 is 0 Å². The molecule has 1 heterocycles. The van der Waals surface area contributed by atoms with Gasteiger partial charge in [0, 0.05) is 17.2 Å². The molecule has 3 N–H and O–H groups in total. The molecule has 126 valence electrons. The quantitative estimate of drug-likeness (QED) is 0.793. The molecule has 1 saturated carbocycles. The molecule has 4 nitrogen and oxygen atoms in total. The minimum Gasteiger partial charge on any atom is -0.393 e. The number of urea groups is 1. The van der Waals surface area contributed by atoms with E-state index in [0.29, 0.717) is 17.4 Å². The Bertz CT molecular complexity index is 570. The van der Waals surface area contributed by atoms with Crippen LogP contribution in [0.2, 0.25) is 0 Å². The number of amides is 2. The fraction of sp³-hybridized carbons (Fsp3) is 0.588. The molecule has 0 saturated heterocycles. The van der Waals surface area contributed by atoms with Gasteiger partial charge in [0.2, 0.25) is 0 Å². The number of carbonyl (C=O) groups is 1. The maximum Gasteiger partial charge on any atom is 0.315 e. The fourth-order valence-corrected chi connectivity index (χ4v) is 4.57. The molecule has 3 rings (SSSR count). The van der Waals surface area contributed by atoms with Gasteiger partial charge in [0.25, 0.3) is 0 Å². The highest BCUT2D eigenvalue weighted by molar-refractivity contribution is 7.99. The summed E-state index contributed by atoms with van der Waals surface area (Å²) in [6.45, 7) is 0.584. The van der Waals surface area contributed by atoms with Gasteiger partial charge in [0.15, 0.2) is 0 Å². The highest BCUT2D eigenvalue weighted by Crippen LogP contribution is 2.37. The number of hydrogen-bond donors (Lipinski definition) is 3. The van der Waals surface area contributed by atoms with E-state index in [2.05, 4.69) is 10.6 Å². The number of fused-ring (bicyclic) bond motifs is 1. The van der Waals surface area contributed by atoms with E-state index in [1.807, 2.05) is 6.07 Å². The molecule has 1 aliphatic heterocycles. The Morgan fingerprint density at radius 2 is 2.22 bits per heavy atom. The van der Waals surface area contributed by atoms with Crippen LogP contribution in [0.5, 0.6) is 0 Å². The first-order valence-electron chi connectivity index (χ1n) is 8.27. The topological polar surface area (TPSA) is 61.4 Å². The molecule has 6 heteroatoms. The van der Waals surface area contributed by atoms with Crippen molar-refractivity contribution >= 4 is 17.8 Å². The predicted octanol–water partition coefficient (Wildman–Crippen LogP) is 3.21. The van der Waals surface area contributed by atoms with Crippen LogP contribution in [0.15, 0.2) is 23.1 Å². The van der Waals surface area contributed by atoms with Gasteiger partial charge in [-0.05, 0) is 43.2 Å². The maximum atomic E-state index is 13.8. The Hall–Kier alpha value is -1.27. The van der Waals surface area contributed by atoms with Crippen LogP contribution in [-0.4, -0.2) is 29.5 Å². The molecule has 1 aromatic rings. The predicted molar refractivity (Wildman–Crippen MR) is 89.0 cm³/mol. The molecule has 2 amide bonds. The fourth-order valence-electron chi connectivity index (χ4n) is 3.43. The third-order valence-corrected chi connectivity index (χ3v) is 5.80. The van der Waals surface area contributed by atoms with E-state index in [0.717, 1.165) is 43.4 Å². The van der Waals surface area contributed by atoms with Crippen molar-refractivity contribution in [2.75, 3.05) is 12.3 Å². The first-order valence-corrected chi connectivity index (χ1v) is 9.25. The highest BCUT2D eigenvalue weighted by Gasteiger charge is 2.25. The van der Waals surface area contributed by atoms with Crippen molar-refractivity contribution in [2.45, 2.75) is 49.1 Å². The molecule has 3 unspecified atom stereocenters. The normalized spacial score (nSPS) is 27.1. The van der Waals surface area contributed by atoms with Crippen molar-refractivity contribution in [3.63, 3.8) is 0 Å². The molecule has 0 spiro atoms. The first-order chi connectivity index (χ1) is 11.1. The molecule has 1 aromatic carbocycles.